The highest BCUT2D eigenvalue weighted by Gasteiger charge is 2.23. The Balaban J connectivity index is 1.52. The van der Waals surface area contributed by atoms with Crippen molar-refractivity contribution in [1.29, 1.82) is 0 Å². The van der Waals surface area contributed by atoms with E-state index in [0.29, 0.717) is 28.0 Å². The van der Waals surface area contributed by atoms with Crippen LogP contribution in [0.3, 0.4) is 0 Å². The predicted octanol–water partition coefficient (Wildman–Crippen LogP) is 6.99. The molecule has 0 aliphatic carbocycles. The Morgan fingerprint density at radius 3 is 2.10 bits per heavy atom. The number of methoxy groups -OCH3 is 3. The molecule has 0 heterocycles. The minimum absolute atomic E-state index is 0.173. The van der Waals surface area contributed by atoms with Gasteiger partial charge in [-0.2, -0.15) is 0 Å². The molecule has 0 radical (unpaired) electrons. The third-order valence-corrected chi connectivity index (χ3v) is 7.11. The van der Waals surface area contributed by atoms with Gasteiger partial charge in [0.2, 0.25) is 5.91 Å². The van der Waals surface area contributed by atoms with Crippen molar-refractivity contribution in [3.8, 4) is 17.2 Å². The van der Waals surface area contributed by atoms with Gasteiger partial charge in [0.15, 0.2) is 5.11 Å². The largest absolute Gasteiger partial charge is 0.497 e. The van der Waals surface area contributed by atoms with Gasteiger partial charge in [-0.05, 0) is 48.1 Å². The molecule has 1 unspecified atom stereocenters. The summed E-state index contributed by atoms with van der Waals surface area (Å²) < 4.78 is 16.1. The van der Waals surface area contributed by atoms with E-state index in [1.807, 2.05) is 78.9 Å². The van der Waals surface area contributed by atoms with E-state index in [1.165, 1.54) is 11.8 Å². The Hall–Kier alpha value is -4.21. The average Bonchev–Trinajstić information content (AvgIpc) is 2.96. The summed E-state index contributed by atoms with van der Waals surface area (Å²) in [5.74, 6) is 1.69. The number of carbonyl (C=O) groups excluding carboxylic acids is 1. The molecule has 4 rings (SSSR count). The Kier molecular flexibility index (Phi) is 9.66. The number of hydrogen-bond acceptors (Lipinski definition) is 6. The molecule has 1 atom stereocenters. The van der Waals surface area contributed by atoms with Crippen LogP contribution in [0.25, 0.3) is 0 Å². The van der Waals surface area contributed by atoms with Crippen LogP contribution in [-0.2, 0) is 4.79 Å². The van der Waals surface area contributed by atoms with Crippen LogP contribution in [-0.4, -0.2) is 32.3 Å². The van der Waals surface area contributed by atoms with E-state index < -0.39 is 5.25 Å². The lowest BCUT2D eigenvalue weighted by Crippen LogP contribution is -2.20. The van der Waals surface area contributed by atoms with Gasteiger partial charge in [0.05, 0.1) is 27.0 Å². The third kappa shape index (κ3) is 7.66. The molecule has 0 saturated heterocycles. The van der Waals surface area contributed by atoms with Crippen LogP contribution in [0.4, 0.5) is 17.1 Å². The quantitative estimate of drug-likeness (QED) is 0.142. The molecule has 0 saturated carbocycles. The van der Waals surface area contributed by atoms with Gasteiger partial charge in [-0.15, -0.1) is 11.8 Å². The van der Waals surface area contributed by atoms with Crippen LogP contribution in [0.5, 0.6) is 17.2 Å². The summed E-state index contributed by atoms with van der Waals surface area (Å²) >= 11 is 6.96. The number of ether oxygens (including phenoxy) is 3. The van der Waals surface area contributed by atoms with E-state index in [9.17, 15) is 4.79 Å². The highest BCUT2D eigenvalue weighted by Crippen LogP contribution is 2.38. The van der Waals surface area contributed by atoms with Crippen LogP contribution in [0, 0.1) is 0 Å². The second-order valence-electron chi connectivity index (χ2n) is 8.31. The number of amides is 1. The topological polar surface area (TPSA) is 80.9 Å². The van der Waals surface area contributed by atoms with Crippen molar-refractivity contribution in [3.05, 3.63) is 103 Å². The number of thioether (sulfide) groups is 1. The maximum Gasteiger partial charge on any atom is 0.242 e. The zero-order valence-corrected chi connectivity index (χ0v) is 23.4. The van der Waals surface area contributed by atoms with E-state index in [4.69, 9.17) is 26.4 Å². The highest BCUT2D eigenvalue weighted by atomic mass is 32.2. The standard InChI is InChI=1S/C30H29N3O4S2/c1-35-23-16-22(17-24(19-23)36-2)31-29(34)28(20-10-5-4-6-11-20)39-25-13-9-12-21(18-25)32-30(38)33-26-14-7-8-15-27(26)37-3/h4-19,28H,1-3H3,(H,31,34)(H2,32,33,38). The van der Waals surface area contributed by atoms with Gasteiger partial charge in [-0.25, -0.2) is 0 Å². The van der Waals surface area contributed by atoms with Crippen molar-refractivity contribution in [2.45, 2.75) is 10.1 Å². The van der Waals surface area contributed by atoms with E-state index in [0.717, 1.165) is 21.8 Å². The molecule has 9 heteroatoms. The first-order valence-electron chi connectivity index (χ1n) is 12.1. The maximum atomic E-state index is 13.6. The highest BCUT2D eigenvalue weighted by molar-refractivity contribution is 8.00. The van der Waals surface area contributed by atoms with Crippen LogP contribution in [0.1, 0.15) is 10.8 Å². The Morgan fingerprint density at radius 2 is 1.41 bits per heavy atom. The molecule has 0 bridgehead atoms. The number of anilines is 3. The van der Waals surface area contributed by atoms with Crippen LogP contribution in [0.15, 0.2) is 102 Å². The van der Waals surface area contributed by atoms with E-state index >= 15 is 0 Å². The Labute approximate surface area is 237 Å². The first-order chi connectivity index (χ1) is 19.0. The second-order valence-corrected chi connectivity index (χ2v) is 9.89. The monoisotopic (exact) mass is 559 g/mol. The number of hydrogen-bond donors (Lipinski definition) is 3. The molecule has 4 aromatic rings. The first-order valence-corrected chi connectivity index (χ1v) is 13.3. The Bertz CT molecular complexity index is 1410. The minimum Gasteiger partial charge on any atom is -0.497 e. The van der Waals surface area contributed by atoms with Crippen LogP contribution in [0.2, 0.25) is 0 Å². The zero-order valence-electron chi connectivity index (χ0n) is 21.8. The summed E-state index contributed by atoms with van der Waals surface area (Å²) in [5.41, 5.74) is 3.01. The number of carbonyl (C=O) groups is 1. The fourth-order valence-electron chi connectivity index (χ4n) is 3.80. The third-order valence-electron chi connectivity index (χ3n) is 5.66. The number of rotatable bonds is 10. The molecule has 0 aromatic heterocycles. The molecule has 0 aliphatic heterocycles. The second kappa shape index (κ2) is 13.5. The molecule has 39 heavy (non-hydrogen) atoms. The summed E-state index contributed by atoms with van der Waals surface area (Å²) in [6.45, 7) is 0. The smallest absolute Gasteiger partial charge is 0.242 e. The van der Waals surface area contributed by atoms with Gasteiger partial charge in [0.25, 0.3) is 0 Å². The normalized spacial score (nSPS) is 11.2. The average molecular weight is 560 g/mol. The molecule has 4 aromatic carbocycles. The number of para-hydroxylation sites is 2. The van der Waals surface area contributed by atoms with Crippen LogP contribution < -0.4 is 30.2 Å². The van der Waals surface area contributed by atoms with Crippen LogP contribution >= 0.6 is 24.0 Å². The molecule has 0 fully saturated rings. The molecule has 200 valence electrons. The van der Waals surface area contributed by atoms with Gasteiger partial charge in [0, 0.05) is 34.5 Å². The molecular weight excluding hydrogens is 530 g/mol. The SMILES string of the molecule is COc1cc(NC(=O)C(Sc2cccc(NC(=S)Nc3ccccc3OC)c2)c2ccccc2)cc(OC)c1. The molecule has 1 amide bonds. The molecule has 0 spiro atoms. The van der Waals surface area contributed by atoms with Crippen molar-refractivity contribution >= 4 is 52.1 Å². The van der Waals surface area contributed by atoms with Gasteiger partial charge >= 0.3 is 0 Å². The van der Waals surface area contributed by atoms with Crippen molar-refractivity contribution < 1.29 is 19.0 Å². The zero-order chi connectivity index (χ0) is 27.6. The summed E-state index contributed by atoms with van der Waals surface area (Å²) in [5, 5.41) is 9.30. The maximum absolute atomic E-state index is 13.6. The molecule has 7 nitrogen and oxygen atoms in total. The van der Waals surface area contributed by atoms with E-state index in [2.05, 4.69) is 16.0 Å². The molecule has 3 N–H and O–H groups in total. The number of nitrogens with one attached hydrogen (secondary N) is 3. The van der Waals surface area contributed by atoms with Crippen molar-refractivity contribution in [2.24, 2.45) is 0 Å². The summed E-state index contributed by atoms with van der Waals surface area (Å²) in [6.07, 6.45) is 0. The van der Waals surface area contributed by atoms with Gasteiger partial charge in [-0.3, -0.25) is 4.79 Å². The lowest BCUT2D eigenvalue weighted by atomic mass is 10.1. The first kappa shape index (κ1) is 27.8. The molecule has 0 aliphatic rings. The van der Waals surface area contributed by atoms with E-state index in [1.54, 1.807) is 39.5 Å². The van der Waals surface area contributed by atoms with E-state index in [-0.39, 0.29) is 5.91 Å². The van der Waals surface area contributed by atoms with Crippen molar-refractivity contribution in [1.82, 2.24) is 0 Å². The summed E-state index contributed by atoms with van der Waals surface area (Å²) in [7, 11) is 4.75. The van der Waals surface area contributed by atoms with Gasteiger partial charge in [-0.1, -0.05) is 48.5 Å². The fourth-order valence-corrected chi connectivity index (χ4v) is 5.12. The Morgan fingerprint density at radius 1 is 0.718 bits per heavy atom. The summed E-state index contributed by atoms with van der Waals surface area (Å²) in [4.78, 5) is 14.5. The fraction of sp³-hybridized carbons (Fsp3) is 0.133. The predicted molar refractivity (Wildman–Crippen MR) is 162 cm³/mol. The summed E-state index contributed by atoms with van der Waals surface area (Å²) in [6, 6.07) is 30.2. The van der Waals surface area contributed by atoms with Gasteiger partial charge < -0.3 is 30.2 Å². The number of benzene rings is 4. The lowest BCUT2D eigenvalue weighted by molar-refractivity contribution is -0.115. The lowest BCUT2D eigenvalue weighted by Gasteiger charge is -2.19. The number of thiocarbonyl (C=S) groups is 1. The van der Waals surface area contributed by atoms with Crippen molar-refractivity contribution in [2.75, 3.05) is 37.3 Å². The minimum atomic E-state index is -0.516. The van der Waals surface area contributed by atoms with Crippen molar-refractivity contribution in [3.63, 3.8) is 0 Å². The van der Waals surface area contributed by atoms with Gasteiger partial charge in [0.1, 0.15) is 22.5 Å². The molecular formula is C30H29N3O4S2.